The Balaban J connectivity index is 1.54. The molecule has 1 aliphatic rings. The summed E-state index contributed by atoms with van der Waals surface area (Å²) in [6, 6.07) is 11.0. The van der Waals surface area contributed by atoms with Crippen LogP contribution < -0.4 is 20.3 Å². The SMILES string of the molecule is COc1ccc(NC(=O)C(C)N(C)CC(=O)Nc2ccc(N3CCOCC3)cc2)c([N+](=O)[O-])c1. The Labute approximate surface area is 197 Å². The van der Waals surface area contributed by atoms with Gasteiger partial charge in [0, 0.05) is 24.5 Å². The third kappa shape index (κ3) is 6.42. The second-order valence-electron chi connectivity index (χ2n) is 7.91. The largest absolute Gasteiger partial charge is 0.496 e. The topological polar surface area (TPSA) is 126 Å². The van der Waals surface area contributed by atoms with Crippen LogP contribution in [0, 0.1) is 10.1 Å². The number of nitro benzene ring substituents is 1. The van der Waals surface area contributed by atoms with Crippen molar-refractivity contribution in [2.45, 2.75) is 13.0 Å². The number of nitro groups is 1. The van der Waals surface area contributed by atoms with Gasteiger partial charge in [-0.3, -0.25) is 24.6 Å². The third-order valence-corrected chi connectivity index (χ3v) is 5.62. The van der Waals surface area contributed by atoms with Crippen LogP contribution in [0.2, 0.25) is 0 Å². The van der Waals surface area contributed by atoms with E-state index in [1.807, 2.05) is 24.3 Å². The van der Waals surface area contributed by atoms with Crippen molar-refractivity contribution in [3.05, 3.63) is 52.6 Å². The van der Waals surface area contributed by atoms with Crippen LogP contribution in [-0.4, -0.2) is 74.7 Å². The van der Waals surface area contributed by atoms with Crippen LogP contribution in [0.25, 0.3) is 0 Å². The molecule has 0 bridgehead atoms. The van der Waals surface area contributed by atoms with Gasteiger partial charge in [0.1, 0.15) is 11.4 Å². The second-order valence-corrected chi connectivity index (χ2v) is 7.91. The number of hydrogen-bond donors (Lipinski definition) is 2. The summed E-state index contributed by atoms with van der Waals surface area (Å²) in [5.74, 6) is -0.445. The van der Waals surface area contributed by atoms with Crippen LogP contribution in [-0.2, 0) is 14.3 Å². The third-order valence-electron chi connectivity index (χ3n) is 5.62. The van der Waals surface area contributed by atoms with Crippen molar-refractivity contribution < 1.29 is 24.0 Å². The zero-order chi connectivity index (χ0) is 24.7. The van der Waals surface area contributed by atoms with Crippen LogP contribution in [0.3, 0.4) is 0 Å². The van der Waals surface area contributed by atoms with Crippen molar-refractivity contribution in [1.29, 1.82) is 0 Å². The molecule has 3 rings (SSSR count). The summed E-state index contributed by atoms with van der Waals surface area (Å²) in [7, 11) is 3.03. The number of rotatable bonds is 9. The van der Waals surface area contributed by atoms with Crippen LogP contribution in [0.5, 0.6) is 5.75 Å². The van der Waals surface area contributed by atoms with Crippen LogP contribution in [0.15, 0.2) is 42.5 Å². The number of likely N-dealkylation sites (N-methyl/N-ethyl adjacent to an activating group) is 1. The van der Waals surface area contributed by atoms with Gasteiger partial charge >= 0.3 is 0 Å². The van der Waals surface area contributed by atoms with E-state index in [-0.39, 0.29) is 23.8 Å². The van der Waals surface area contributed by atoms with Crippen molar-refractivity contribution in [3.63, 3.8) is 0 Å². The molecule has 2 aromatic rings. The first kappa shape index (κ1) is 24.9. The van der Waals surface area contributed by atoms with Crippen LogP contribution >= 0.6 is 0 Å². The minimum Gasteiger partial charge on any atom is -0.496 e. The van der Waals surface area contributed by atoms with E-state index in [4.69, 9.17) is 9.47 Å². The van der Waals surface area contributed by atoms with Gasteiger partial charge in [0.15, 0.2) is 0 Å². The zero-order valence-electron chi connectivity index (χ0n) is 19.4. The van der Waals surface area contributed by atoms with Gasteiger partial charge in [-0.25, -0.2) is 0 Å². The fraction of sp³-hybridized carbons (Fsp3) is 0.391. The van der Waals surface area contributed by atoms with Gasteiger partial charge in [-0.2, -0.15) is 0 Å². The molecule has 0 aromatic heterocycles. The molecule has 0 saturated carbocycles. The fourth-order valence-electron chi connectivity index (χ4n) is 3.47. The quantitative estimate of drug-likeness (QED) is 0.422. The summed E-state index contributed by atoms with van der Waals surface area (Å²) in [6.07, 6.45) is 0. The summed E-state index contributed by atoms with van der Waals surface area (Å²) < 4.78 is 10.4. The maximum Gasteiger partial charge on any atom is 0.296 e. The summed E-state index contributed by atoms with van der Waals surface area (Å²) in [5, 5.41) is 16.7. The molecule has 11 heteroatoms. The highest BCUT2D eigenvalue weighted by molar-refractivity contribution is 5.97. The number of carbonyl (C=O) groups excluding carboxylic acids is 2. The lowest BCUT2D eigenvalue weighted by molar-refractivity contribution is -0.384. The maximum absolute atomic E-state index is 12.7. The maximum atomic E-state index is 12.7. The normalized spacial score (nSPS) is 14.4. The molecule has 2 aromatic carbocycles. The van der Waals surface area contributed by atoms with Crippen molar-refractivity contribution >= 4 is 34.6 Å². The molecule has 2 N–H and O–H groups in total. The highest BCUT2D eigenvalue weighted by Crippen LogP contribution is 2.29. The summed E-state index contributed by atoms with van der Waals surface area (Å²) in [4.78, 5) is 39.7. The van der Waals surface area contributed by atoms with Crippen molar-refractivity contribution in [3.8, 4) is 5.75 Å². The number of anilines is 3. The van der Waals surface area contributed by atoms with E-state index >= 15 is 0 Å². The number of benzene rings is 2. The average Bonchev–Trinajstić information content (AvgIpc) is 2.84. The number of ether oxygens (including phenoxy) is 2. The van der Waals surface area contributed by atoms with Gasteiger partial charge in [-0.05, 0) is 50.4 Å². The second kappa shape index (κ2) is 11.4. The van der Waals surface area contributed by atoms with Gasteiger partial charge < -0.3 is 25.0 Å². The molecule has 0 radical (unpaired) electrons. The number of carbonyl (C=O) groups is 2. The first-order chi connectivity index (χ1) is 16.3. The first-order valence-electron chi connectivity index (χ1n) is 10.8. The molecule has 1 atom stereocenters. The standard InChI is InChI=1S/C23H29N5O6/c1-16(23(30)25-20-9-8-19(33-3)14-21(20)28(31)32)26(2)15-22(29)24-17-4-6-18(7-5-17)27-10-12-34-13-11-27/h4-9,14,16H,10-13,15H2,1-3H3,(H,24,29)(H,25,30). The van der Waals surface area contributed by atoms with Crippen molar-refractivity contribution in [2.75, 3.05) is 62.5 Å². The minimum absolute atomic E-state index is 0.0372. The molecule has 34 heavy (non-hydrogen) atoms. The molecule has 0 aliphatic carbocycles. The molecule has 1 heterocycles. The van der Waals surface area contributed by atoms with E-state index in [9.17, 15) is 19.7 Å². The molecule has 0 spiro atoms. The van der Waals surface area contributed by atoms with Gasteiger partial charge in [-0.1, -0.05) is 0 Å². The Morgan fingerprint density at radius 2 is 1.85 bits per heavy atom. The molecular weight excluding hydrogens is 442 g/mol. The molecule has 2 amide bonds. The zero-order valence-corrected chi connectivity index (χ0v) is 19.4. The van der Waals surface area contributed by atoms with Gasteiger partial charge in [0.2, 0.25) is 11.8 Å². The Morgan fingerprint density at radius 1 is 1.18 bits per heavy atom. The van der Waals surface area contributed by atoms with E-state index in [0.717, 1.165) is 18.8 Å². The Kier molecular flexibility index (Phi) is 8.39. The molecular formula is C23H29N5O6. The van der Waals surface area contributed by atoms with Crippen molar-refractivity contribution in [1.82, 2.24) is 4.90 Å². The number of nitrogens with zero attached hydrogens (tertiary/aromatic N) is 3. The summed E-state index contributed by atoms with van der Waals surface area (Å²) >= 11 is 0. The van der Waals surface area contributed by atoms with E-state index < -0.39 is 16.9 Å². The predicted molar refractivity (Wildman–Crippen MR) is 128 cm³/mol. The van der Waals surface area contributed by atoms with E-state index in [1.165, 1.54) is 25.3 Å². The number of morpholine rings is 1. The predicted octanol–water partition coefficient (Wildman–Crippen LogP) is 2.34. The van der Waals surface area contributed by atoms with Gasteiger partial charge in [-0.15, -0.1) is 0 Å². The molecule has 182 valence electrons. The highest BCUT2D eigenvalue weighted by Gasteiger charge is 2.24. The van der Waals surface area contributed by atoms with E-state index in [1.54, 1.807) is 18.9 Å². The first-order valence-corrected chi connectivity index (χ1v) is 10.8. The lowest BCUT2D eigenvalue weighted by Crippen LogP contribution is -2.43. The van der Waals surface area contributed by atoms with Crippen LogP contribution in [0.1, 0.15) is 6.92 Å². The van der Waals surface area contributed by atoms with E-state index in [0.29, 0.717) is 24.7 Å². The van der Waals surface area contributed by atoms with Gasteiger partial charge in [0.25, 0.3) is 5.69 Å². The Hall–Kier alpha value is -3.70. The summed E-state index contributed by atoms with van der Waals surface area (Å²) in [5.41, 5.74) is 1.50. The van der Waals surface area contributed by atoms with Crippen molar-refractivity contribution in [2.24, 2.45) is 0 Å². The smallest absolute Gasteiger partial charge is 0.296 e. The van der Waals surface area contributed by atoms with Gasteiger partial charge in [0.05, 0.1) is 43.9 Å². The number of methoxy groups -OCH3 is 1. The Morgan fingerprint density at radius 3 is 2.47 bits per heavy atom. The Bertz CT molecular complexity index is 1020. The molecule has 1 aliphatic heterocycles. The molecule has 11 nitrogen and oxygen atoms in total. The van der Waals surface area contributed by atoms with E-state index in [2.05, 4.69) is 15.5 Å². The lowest BCUT2D eigenvalue weighted by Gasteiger charge is -2.29. The average molecular weight is 472 g/mol. The highest BCUT2D eigenvalue weighted by atomic mass is 16.6. The fourth-order valence-corrected chi connectivity index (χ4v) is 3.47. The number of amides is 2. The molecule has 1 fully saturated rings. The minimum atomic E-state index is -0.712. The van der Waals surface area contributed by atoms with Crippen LogP contribution in [0.4, 0.5) is 22.7 Å². The number of hydrogen-bond acceptors (Lipinski definition) is 8. The number of nitrogens with one attached hydrogen (secondary N) is 2. The summed E-state index contributed by atoms with van der Waals surface area (Å²) in [6.45, 7) is 4.64. The monoisotopic (exact) mass is 471 g/mol. The lowest BCUT2D eigenvalue weighted by atomic mass is 10.2. The molecule has 1 unspecified atom stereocenters. The molecule has 1 saturated heterocycles.